The third kappa shape index (κ3) is 7.29. The zero-order chi connectivity index (χ0) is 33.2. The first-order chi connectivity index (χ1) is 21.8. The van der Waals surface area contributed by atoms with Gasteiger partial charge in [0, 0.05) is 35.5 Å². The van der Waals surface area contributed by atoms with Crippen LogP contribution >= 0.6 is 0 Å². The van der Waals surface area contributed by atoms with Gasteiger partial charge in [-0.1, -0.05) is 65.8 Å². The van der Waals surface area contributed by atoms with E-state index >= 15 is 0 Å². The van der Waals surface area contributed by atoms with Crippen molar-refractivity contribution in [1.29, 1.82) is 0 Å². The molecule has 0 radical (unpaired) electrons. The van der Waals surface area contributed by atoms with E-state index in [0.29, 0.717) is 0 Å². The fraction of sp³-hybridized carbons (Fsp3) is 0.154. The highest BCUT2D eigenvalue weighted by Crippen LogP contribution is 2.33. The van der Waals surface area contributed by atoms with Crippen molar-refractivity contribution in [3.8, 4) is 11.3 Å². The van der Waals surface area contributed by atoms with Gasteiger partial charge in [0.15, 0.2) is 6.20 Å². The van der Waals surface area contributed by atoms with E-state index in [2.05, 4.69) is 166 Å². The molecule has 5 aromatic rings. The van der Waals surface area contributed by atoms with Crippen molar-refractivity contribution in [2.24, 2.45) is 0 Å². The van der Waals surface area contributed by atoms with Crippen LogP contribution in [0.1, 0.15) is 50.2 Å². The van der Waals surface area contributed by atoms with Crippen molar-refractivity contribution in [1.82, 2.24) is 4.40 Å². The number of benzene rings is 2. The molecule has 2 aromatic carbocycles. The Balaban J connectivity index is 0.000000775. The predicted molar refractivity (Wildman–Crippen MR) is 174 cm³/mol. The maximum Gasteiger partial charge on any atom is 0.219 e. The van der Waals surface area contributed by atoms with Crippen LogP contribution in [0.2, 0.25) is 0 Å². The molecule has 234 valence electrons. The SMILES string of the molecule is Cc1cc(C)c(C2=CC(=CC=CC=Cc3cc(-c4c(C)cc(C)cc4C)n4ccccc34)c3cccc[n+]32)c(C)c1.[O-][Cl+3]([O-])([O-])[O-]. The average Bonchev–Trinajstić information content (AvgIpc) is 3.50. The maximum absolute atomic E-state index is 8.49. The number of nitrogens with zero attached hydrogens (tertiary/aromatic N) is 2. The number of hydrogen-bond acceptors (Lipinski definition) is 4. The van der Waals surface area contributed by atoms with Crippen molar-refractivity contribution in [3.05, 3.63) is 160 Å². The minimum Gasteiger partial charge on any atom is -0.316 e. The molecule has 1 aliphatic heterocycles. The summed E-state index contributed by atoms with van der Waals surface area (Å²) in [7, 11) is -4.94. The normalized spacial score (nSPS) is 13.9. The highest BCUT2D eigenvalue weighted by Gasteiger charge is 2.29. The topological polar surface area (TPSA) is 101 Å². The first kappa shape index (κ1) is 32.8. The molecule has 3 aromatic heterocycles. The Morgan fingerprint density at radius 1 is 0.674 bits per heavy atom. The summed E-state index contributed by atoms with van der Waals surface area (Å²) in [5.41, 5.74) is 17.8. The third-order valence-corrected chi connectivity index (χ3v) is 8.05. The number of aryl methyl sites for hydroxylation is 6. The van der Waals surface area contributed by atoms with Crippen LogP contribution in [0.15, 0.2) is 110 Å². The van der Waals surface area contributed by atoms with E-state index in [1.165, 1.54) is 78.2 Å². The second-order valence-corrected chi connectivity index (χ2v) is 12.5. The summed E-state index contributed by atoms with van der Waals surface area (Å²) < 4.78 is 38.6. The van der Waals surface area contributed by atoms with Gasteiger partial charge in [-0.05, 0) is 94.1 Å². The van der Waals surface area contributed by atoms with Crippen molar-refractivity contribution in [2.75, 3.05) is 0 Å². The highest BCUT2D eigenvalue weighted by atomic mass is 35.7. The Morgan fingerprint density at radius 3 is 1.89 bits per heavy atom. The molecular weight excluding hydrogens is 596 g/mol. The maximum atomic E-state index is 8.49. The largest absolute Gasteiger partial charge is 0.316 e. The van der Waals surface area contributed by atoms with Crippen molar-refractivity contribution in [3.63, 3.8) is 0 Å². The Bertz CT molecular complexity index is 2010. The molecule has 0 amide bonds. The lowest BCUT2D eigenvalue weighted by atomic mass is 9.97. The molecule has 0 atom stereocenters. The lowest BCUT2D eigenvalue weighted by molar-refractivity contribution is -2.00. The van der Waals surface area contributed by atoms with Gasteiger partial charge in [-0.2, -0.15) is 4.57 Å². The minimum absolute atomic E-state index is 1.21. The zero-order valence-electron chi connectivity index (χ0n) is 26.9. The molecule has 0 bridgehead atoms. The van der Waals surface area contributed by atoms with Crippen LogP contribution in [0.25, 0.3) is 34.1 Å². The molecule has 0 fully saturated rings. The Hall–Kier alpha value is -4.56. The second-order valence-electron chi connectivity index (χ2n) is 11.7. The van der Waals surface area contributed by atoms with Gasteiger partial charge in [-0.15, -0.1) is 10.2 Å². The summed E-state index contributed by atoms with van der Waals surface area (Å²) in [5, 5.41) is 0. The monoisotopic (exact) mass is 632 g/mol. The number of halogens is 1. The number of aromatic nitrogens is 2. The van der Waals surface area contributed by atoms with E-state index in [0.717, 1.165) is 0 Å². The lowest BCUT2D eigenvalue weighted by Crippen LogP contribution is -2.68. The molecule has 0 unspecified atom stereocenters. The van der Waals surface area contributed by atoms with E-state index < -0.39 is 10.2 Å². The number of pyridine rings is 2. The van der Waals surface area contributed by atoms with Gasteiger partial charge >= 0.3 is 0 Å². The van der Waals surface area contributed by atoms with Crippen LogP contribution in [0.4, 0.5) is 0 Å². The van der Waals surface area contributed by atoms with E-state index in [4.69, 9.17) is 18.6 Å². The van der Waals surface area contributed by atoms with Crippen LogP contribution in [0, 0.1) is 51.8 Å². The lowest BCUT2D eigenvalue weighted by Gasteiger charge is -2.17. The average molecular weight is 633 g/mol. The molecule has 0 saturated carbocycles. The van der Waals surface area contributed by atoms with E-state index in [-0.39, 0.29) is 0 Å². The van der Waals surface area contributed by atoms with E-state index in [9.17, 15) is 0 Å². The summed E-state index contributed by atoms with van der Waals surface area (Å²) in [6.45, 7) is 13.2. The standard InChI is InChI=1S/C39H37N2.ClHO4/c1-26-20-28(3)38(29(4)21-26)36-24-32(34-16-10-12-18-40(34)36)14-8-7-9-15-33-25-37(41-19-13-11-17-35(33)41)39-30(5)22-27(2)23-31(39)6;2-1(3,4)5/h7-25H,1-6H3;(H,2,3,4,5)/q+1;/p-1. The number of allylic oxidation sites excluding steroid dienone is 6. The van der Waals surface area contributed by atoms with Gasteiger partial charge in [0.05, 0.1) is 22.3 Å². The molecule has 6 rings (SSSR count). The summed E-state index contributed by atoms with van der Waals surface area (Å²) in [6, 6.07) is 24.2. The molecule has 0 saturated heterocycles. The Morgan fingerprint density at radius 2 is 1.26 bits per heavy atom. The molecule has 4 heterocycles. The van der Waals surface area contributed by atoms with Crippen molar-refractivity contribution in [2.45, 2.75) is 41.5 Å². The third-order valence-electron chi connectivity index (χ3n) is 8.05. The molecule has 46 heavy (non-hydrogen) atoms. The number of fused-ring (bicyclic) bond motifs is 2. The quantitative estimate of drug-likeness (QED) is 0.210. The predicted octanol–water partition coefficient (Wildman–Crippen LogP) is 4.54. The fourth-order valence-electron chi connectivity index (χ4n) is 6.56. The molecule has 0 spiro atoms. The van der Waals surface area contributed by atoms with E-state index in [1.54, 1.807) is 0 Å². The molecule has 7 heteroatoms. The van der Waals surface area contributed by atoms with Gasteiger partial charge in [0.1, 0.15) is 0 Å². The highest BCUT2D eigenvalue weighted by molar-refractivity contribution is 5.85. The van der Waals surface area contributed by atoms with Gasteiger partial charge in [-0.3, -0.25) is 0 Å². The molecule has 1 aliphatic rings. The van der Waals surface area contributed by atoms with Crippen LogP contribution < -0.4 is 23.2 Å². The summed E-state index contributed by atoms with van der Waals surface area (Å²) in [4.78, 5) is 0. The van der Waals surface area contributed by atoms with Crippen molar-refractivity contribution < 1.29 is 33.4 Å². The van der Waals surface area contributed by atoms with Gasteiger partial charge < -0.3 is 4.40 Å². The first-order valence-corrected chi connectivity index (χ1v) is 16.2. The van der Waals surface area contributed by atoms with Gasteiger partial charge in [0.25, 0.3) is 0 Å². The molecular formula is C39H37ClN2O4. The number of rotatable bonds is 5. The summed E-state index contributed by atoms with van der Waals surface area (Å²) in [6.07, 6.45) is 17.5. The molecule has 0 aliphatic carbocycles. The summed E-state index contributed by atoms with van der Waals surface area (Å²) in [5.74, 6) is 0. The second kappa shape index (κ2) is 13.4. The van der Waals surface area contributed by atoms with Crippen LogP contribution in [0.5, 0.6) is 0 Å². The Labute approximate surface area is 272 Å². The molecule has 6 nitrogen and oxygen atoms in total. The van der Waals surface area contributed by atoms with Crippen LogP contribution in [-0.4, -0.2) is 4.40 Å². The smallest absolute Gasteiger partial charge is 0.219 e. The van der Waals surface area contributed by atoms with Crippen LogP contribution in [-0.2, 0) is 0 Å². The van der Waals surface area contributed by atoms with Crippen LogP contribution in [0.3, 0.4) is 0 Å². The fourth-order valence-corrected chi connectivity index (χ4v) is 6.56. The van der Waals surface area contributed by atoms with Gasteiger partial charge in [0.2, 0.25) is 11.4 Å². The zero-order valence-corrected chi connectivity index (χ0v) is 27.6. The van der Waals surface area contributed by atoms with Gasteiger partial charge in [-0.25, -0.2) is 18.6 Å². The first-order valence-electron chi connectivity index (χ1n) is 15.0. The van der Waals surface area contributed by atoms with E-state index in [1.807, 2.05) is 0 Å². The molecule has 0 N–H and O–H groups in total. The van der Waals surface area contributed by atoms with Crippen molar-refractivity contribution >= 4 is 22.9 Å². The Kier molecular flexibility index (Phi) is 9.58. The number of hydrogen-bond donors (Lipinski definition) is 0. The summed E-state index contributed by atoms with van der Waals surface area (Å²) >= 11 is 0. The minimum atomic E-state index is -4.94.